The summed E-state index contributed by atoms with van der Waals surface area (Å²) in [4.78, 5) is 32.9. The smallest absolute Gasteiger partial charge is 0.338 e. The minimum atomic E-state index is -1.41. The standard InChI is InChI=1S/C11H9N3O5/c1-19-11(16)6-2-3-7(8(5-12)10(13)15)9(4-6)14(17)18/h2-4,8H,1H3,(H2-,13,15,17,18)/p+1. The fraction of sp³-hybridized carbons (Fsp3) is 0.182. The molecule has 1 aromatic carbocycles. The Morgan fingerprint density at radius 2 is 2.16 bits per heavy atom. The normalized spacial score (nSPS) is 11.2. The van der Waals surface area contributed by atoms with Crippen molar-refractivity contribution in [1.82, 2.24) is 0 Å². The average Bonchev–Trinajstić information content (AvgIpc) is 2.38. The molecule has 19 heavy (non-hydrogen) atoms. The first-order valence-corrected chi connectivity index (χ1v) is 4.99. The van der Waals surface area contributed by atoms with E-state index in [0.717, 1.165) is 13.2 Å². The molecule has 0 aromatic heterocycles. The topological polar surface area (TPSA) is 133 Å². The summed E-state index contributed by atoms with van der Waals surface area (Å²) in [5.41, 5.74) is 4.48. The quantitative estimate of drug-likeness (QED) is 0.595. The molecule has 0 spiro atoms. The van der Waals surface area contributed by atoms with Crippen LogP contribution in [-0.4, -0.2) is 29.1 Å². The van der Waals surface area contributed by atoms with E-state index in [0.29, 0.717) is 0 Å². The van der Waals surface area contributed by atoms with Crippen LogP contribution in [0.5, 0.6) is 0 Å². The number of carbonyl (C=O) groups excluding carboxylic acids is 2. The molecular formula is C11H10N3O5+. The molecule has 0 fully saturated rings. The molecule has 0 saturated carbocycles. The third-order valence-corrected chi connectivity index (χ3v) is 2.38. The molecular weight excluding hydrogens is 254 g/mol. The minimum Gasteiger partial charge on any atom is -0.465 e. The molecule has 8 heteroatoms. The predicted octanol–water partition coefficient (Wildman–Crippen LogP) is 0.365. The van der Waals surface area contributed by atoms with Crippen LogP contribution in [0.2, 0.25) is 0 Å². The maximum absolute atomic E-state index is 11.3. The number of rotatable bonds is 4. The largest absolute Gasteiger partial charge is 0.465 e. The van der Waals surface area contributed by atoms with Gasteiger partial charge in [-0.05, 0) is 12.1 Å². The van der Waals surface area contributed by atoms with Gasteiger partial charge in [-0.25, -0.2) is 10.0 Å². The minimum absolute atomic E-state index is 0.0164. The molecule has 0 aliphatic heterocycles. The van der Waals surface area contributed by atoms with Crippen molar-refractivity contribution < 1.29 is 24.5 Å². The van der Waals surface area contributed by atoms with Crippen LogP contribution in [0.3, 0.4) is 0 Å². The van der Waals surface area contributed by atoms with Crippen molar-refractivity contribution in [3.8, 4) is 6.07 Å². The first-order chi connectivity index (χ1) is 8.92. The molecule has 0 aliphatic carbocycles. The number of hydrogen-bond acceptors (Lipinski definition) is 5. The van der Waals surface area contributed by atoms with Crippen LogP contribution in [0.1, 0.15) is 21.8 Å². The Bertz CT molecular complexity index is 590. The molecule has 1 rings (SSSR count). The second kappa shape index (κ2) is 5.59. The van der Waals surface area contributed by atoms with Gasteiger partial charge < -0.3 is 10.5 Å². The number of esters is 1. The number of nitrogens with two attached hydrogens (primary N) is 1. The van der Waals surface area contributed by atoms with Crippen molar-refractivity contribution in [2.75, 3.05) is 7.11 Å². The molecule has 0 aliphatic rings. The molecule has 1 unspecified atom stereocenters. The van der Waals surface area contributed by atoms with E-state index in [1.54, 1.807) is 6.07 Å². The van der Waals surface area contributed by atoms with E-state index in [1.165, 1.54) is 12.1 Å². The van der Waals surface area contributed by atoms with E-state index in [-0.39, 0.29) is 11.1 Å². The molecule has 1 amide bonds. The van der Waals surface area contributed by atoms with Crippen LogP contribution >= 0.6 is 0 Å². The van der Waals surface area contributed by atoms with Gasteiger partial charge in [-0.2, -0.15) is 5.26 Å². The van der Waals surface area contributed by atoms with Gasteiger partial charge >= 0.3 is 11.7 Å². The van der Waals surface area contributed by atoms with Crippen LogP contribution in [0.4, 0.5) is 5.69 Å². The highest BCUT2D eigenvalue weighted by Crippen LogP contribution is 2.27. The molecule has 0 radical (unpaired) electrons. The summed E-state index contributed by atoms with van der Waals surface area (Å²) in [6, 6.07) is 5.04. The summed E-state index contributed by atoms with van der Waals surface area (Å²) < 4.78 is 4.45. The fourth-order valence-electron chi connectivity index (χ4n) is 1.48. The second-order valence-electron chi connectivity index (χ2n) is 3.50. The number of primary amides is 1. The van der Waals surface area contributed by atoms with E-state index >= 15 is 0 Å². The van der Waals surface area contributed by atoms with Crippen LogP contribution in [0, 0.1) is 16.2 Å². The number of ether oxygens (including phenoxy) is 1. The number of hydrogen-bond donors (Lipinski definition) is 2. The number of methoxy groups -OCH3 is 1. The van der Waals surface area contributed by atoms with Crippen molar-refractivity contribution >= 4 is 17.6 Å². The fourth-order valence-corrected chi connectivity index (χ4v) is 1.48. The third-order valence-electron chi connectivity index (χ3n) is 2.38. The Balaban J connectivity index is 3.43. The molecule has 98 valence electrons. The van der Waals surface area contributed by atoms with E-state index in [9.17, 15) is 14.5 Å². The lowest BCUT2D eigenvalue weighted by molar-refractivity contribution is -0.730. The zero-order valence-electron chi connectivity index (χ0n) is 9.86. The average molecular weight is 264 g/mol. The van der Waals surface area contributed by atoms with E-state index in [4.69, 9.17) is 16.2 Å². The summed E-state index contributed by atoms with van der Waals surface area (Å²) in [5.74, 6) is -3.12. The molecule has 1 atom stereocenters. The lowest BCUT2D eigenvalue weighted by Gasteiger charge is -2.05. The summed E-state index contributed by atoms with van der Waals surface area (Å²) in [6.07, 6.45) is 0. The SMILES string of the molecule is COC(=O)c1ccc(C(C#N)C(N)=O)c([N+](=O)O)c1. The highest BCUT2D eigenvalue weighted by Gasteiger charge is 2.30. The van der Waals surface area contributed by atoms with Gasteiger partial charge in [0.1, 0.15) is 0 Å². The molecule has 0 bridgehead atoms. The number of amides is 1. The summed E-state index contributed by atoms with van der Waals surface area (Å²) in [5, 5.41) is 17.8. The third kappa shape index (κ3) is 2.84. The summed E-state index contributed by atoms with van der Waals surface area (Å²) in [7, 11) is 1.14. The maximum atomic E-state index is 11.3. The van der Waals surface area contributed by atoms with E-state index in [1.807, 2.05) is 0 Å². The van der Waals surface area contributed by atoms with Crippen molar-refractivity contribution in [2.45, 2.75) is 5.92 Å². The van der Waals surface area contributed by atoms with Crippen molar-refractivity contribution in [2.24, 2.45) is 5.73 Å². The maximum Gasteiger partial charge on any atom is 0.338 e. The molecule has 0 heterocycles. The number of nitriles is 1. The number of carbonyl (C=O) groups is 2. The first kappa shape index (κ1) is 14.1. The summed E-state index contributed by atoms with van der Waals surface area (Å²) in [6.45, 7) is 0. The Morgan fingerprint density at radius 3 is 2.58 bits per heavy atom. The lowest BCUT2D eigenvalue weighted by Crippen LogP contribution is -2.21. The highest BCUT2D eigenvalue weighted by atomic mass is 16.6. The van der Waals surface area contributed by atoms with E-state index in [2.05, 4.69) is 4.74 Å². The van der Waals surface area contributed by atoms with Crippen molar-refractivity contribution in [1.29, 1.82) is 5.26 Å². The predicted molar refractivity (Wildman–Crippen MR) is 60.4 cm³/mol. The van der Waals surface area contributed by atoms with Gasteiger partial charge in [0.05, 0.1) is 29.2 Å². The Labute approximate surface area is 107 Å². The zero-order valence-corrected chi connectivity index (χ0v) is 9.86. The van der Waals surface area contributed by atoms with Gasteiger partial charge in [-0.15, -0.1) is 0 Å². The highest BCUT2D eigenvalue weighted by molar-refractivity contribution is 5.91. The van der Waals surface area contributed by atoms with Crippen molar-refractivity contribution in [3.63, 3.8) is 0 Å². The van der Waals surface area contributed by atoms with Gasteiger partial charge in [-0.1, -0.05) is 0 Å². The number of benzene rings is 1. The second-order valence-corrected chi connectivity index (χ2v) is 3.50. The monoisotopic (exact) mass is 264 g/mol. The first-order valence-electron chi connectivity index (χ1n) is 4.99. The van der Waals surface area contributed by atoms with Gasteiger partial charge in [-0.3, -0.25) is 4.79 Å². The molecule has 1 aromatic rings. The van der Waals surface area contributed by atoms with Crippen LogP contribution < -0.4 is 5.73 Å². The van der Waals surface area contributed by atoms with Gasteiger partial charge in [0.15, 0.2) is 5.92 Å². The van der Waals surface area contributed by atoms with Gasteiger partial charge in [0.25, 0.3) is 4.92 Å². The lowest BCUT2D eigenvalue weighted by atomic mass is 9.96. The Kier molecular flexibility index (Phi) is 4.15. The van der Waals surface area contributed by atoms with Gasteiger partial charge in [0, 0.05) is 6.07 Å². The Hall–Kier alpha value is -2.95. The van der Waals surface area contributed by atoms with Crippen LogP contribution in [-0.2, 0) is 9.53 Å². The number of nitrogens with zero attached hydrogens (tertiary/aromatic N) is 2. The zero-order chi connectivity index (χ0) is 14.6. The van der Waals surface area contributed by atoms with Crippen LogP contribution in [0.15, 0.2) is 18.2 Å². The van der Waals surface area contributed by atoms with Crippen LogP contribution in [0.25, 0.3) is 0 Å². The molecule has 8 nitrogen and oxygen atoms in total. The summed E-state index contributed by atoms with van der Waals surface area (Å²) >= 11 is 0. The Morgan fingerprint density at radius 1 is 1.53 bits per heavy atom. The van der Waals surface area contributed by atoms with Gasteiger partial charge in [0.2, 0.25) is 5.91 Å². The molecule has 0 saturated heterocycles. The van der Waals surface area contributed by atoms with Crippen molar-refractivity contribution in [3.05, 3.63) is 34.2 Å². The molecule has 3 N–H and O–H groups in total. The van der Waals surface area contributed by atoms with E-state index < -0.39 is 28.4 Å².